The summed E-state index contributed by atoms with van der Waals surface area (Å²) in [4.78, 5) is 36.3. The minimum Gasteiger partial charge on any atom is -0.348 e. The molecule has 0 spiro atoms. The summed E-state index contributed by atoms with van der Waals surface area (Å²) in [6, 6.07) is 7.15. The molecule has 0 aliphatic heterocycles. The van der Waals surface area contributed by atoms with E-state index in [1.807, 2.05) is 13.8 Å². The number of anilines is 2. The Hall–Kier alpha value is -2.41. The molecule has 1 aliphatic rings. The fourth-order valence-corrected chi connectivity index (χ4v) is 2.83. The van der Waals surface area contributed by atoms with Gasteiger partial charge < -0.3 is 20.9 Å². The summed E-state index contributed by atoms with van der Waals surface area (Å²) in [5, 5.41) is 8.53. The number of quaternary nitrogens is 1. The number of hydrogen-bond donors (Lipinski definition) is 4. The maximum absolute atomic E-state index is 12.2. The molecule has 0 saturated heterocycles. The van der Waals surface area contributed by atoms with Gasteiger partial charge in [0.1, 0.15) is 0 Å². The Morgan fingerprint density at radius 2 is 1.58 bits per heavy atom. The van der Waals surface area contributed by atoms with E-state index < -0.39 is 0 Å². The van der Waals surface area contributed by atoms with Crippen LogP contribution in [-0.4, -0.2) is 43.4 Å². The Bertz CT molecular complexity index is 641. The molecule has 1 fully saturated rings. The molecule has 0 aromatic heterocycles. The Morgan fingerprint density at radius 1 is 1.04 bits per heavy atom. The van der Waals surface area contributed by atoms with Crippen molar-refractivity contribution in [3.8, 4) is 0 Å². The average Bonchev–Trinajstić information content (AvgIpc) is 3.40. The molecule has 1 unspecified atom stereocenters. The van der Waals surface area contributed by atoms with Gasteiger partial charge in [0.05, 0.1) is 6.54 Å². The Balaban J connectivity index is 1.78. The van der Waals surface area contributed by atoms with Crippen LogP contribution >= 0.6 is 0 Å². The van der Waals surface area contributed by atoms with Crippen molar-refractivity contribution in [1.82, 2.24) is 5.32 Å². The van der Waals surface area contributed by atoms with Crippen LogP contribution in [0.2, 0.25) is 0 Å². The first kappa shape index (κ1) is 19.9. The average molecular weight is 361 g/mol. The molecule has 7 nitrogen and oxygen atoms in total. The predicted octanol–water partition coefficient (Wildman–Crippen LogP) is 0.403. The van der Waals surface area contributed by atoms with Gasteiger partial charge in [0.2, 0.25) is 5.91 Å². The molecule has 2 rings (SSSR count). The van der Waals surface area contributed by atoms with Gasteiger partial charge in [0.15, 0.2) is 13.1 Å². The summed E-state index contributed by atoms with van der Waals surface area (Å²) in [7, 11) is 0. The second-order valence-corrected chi connectivity index (χ2v) is 6.96. The zero-order valence-corrected chi connectivity index (χ0v) is 15.7. The summed E-state index contributed by atoms with van der Waals surface area (Å²) >= 11 is 0. The maximum Gasteiger partial charge on any atom is 0.279 e. The van der Waals surface area contributed by atoms with Crippen LogP contribution in [0.4, 0.5) is 11.4 Å². The lowest BCUT2D eigenvalue weighted by molar-refractivity contribution is -0.881. The molecule has 1 aliphatic carbocycles. The second kappa shape index (κ2) is 9.33. The normalized spacial score (nSPS) is 15.7. The predicted molar refractivity (Wildman–Crippen MR) is 101 cm³/mol. The van der Waals surface area contributed by atoms with Crippen molar-refractivity contribution in [1.29, 1.82) is 0 Å². The Morgan fingerprint density at radius 3 is 2.08 bits per heavy atom. The van der Waals surface area contributed by atoms with Gasteiger partial charge in [0, 0.05) is 24.3 Å². The summed E-state index contributed by atoms with van der Waals surface area (Å²) in [6.07, 6.45) is 2.38. The third-order valence-corrected chi connectivity index (χ3v) is 4.53. The van der Waals surface area contributed by atoms with Crippen LogP contribution in [0.5, 0.6) is 0 Å². The van der Waals surface area contributed by atoms with E-state index in [0.717, 1.165) is 4.90 Å². The highest BCUT2D eigenvalue weighted by atomic mass is 16.2. The minimum absolute atomic E-state index is 0.00582. The molecule has 2 atom stereocenters. The van der Waals surface area contributed by atoms with Gasteiger partial charge in [-0.25, -0.2) is 0 Å². The highest BCUT2D eigenvalue weighted by Gasteiger charge is 2.29. The molecule has 26 heavy (non-hydrogen) atoms. The molecule has 4 N–H and O–H groups in total. The van der Waals surface area contributed by atoms with E-state index in [4.69, 9.17) is 0 Å². The summed E-state index contributed by atoms with van der Waals surface area (Å²) in [5.74, 6) is 0.330. The van der Waals surface area contributed by atoms with Gasteiger partial charge in [-0.1, -0.05) is 0 Å². The first-order chi connectivity index (χ1) is 12.4. The maximum atomic E-state index is 12.2. The van der Waals surface area contributed by atoms with Gasteiger partial charge in [-0.15, -0.1) is 0 Å². The van der Waals surface area contributed by atoms with Crippen LogP contribution in [0.1, 0.15) is 33.6 Å². The van der Waals surface area contributed by atoms with Crippen LogP contribution in [0.3, 0.4) is 0 Å². The van der Waals surface area contributed by atoms with Crippen LogP contribution in [0, 0.1) is 5.92 Å². The number of likely N-dealkylation sites (N-methyl/N-ethyl adjacent to an activating group) is 1. The van der Waals surface area contributed by atoms with Gasteiger partial charge in [0.25, 0.3) is 11.8 Å². The van der Waals surface area contributed by atoms with Gasteiger partial charge in [-0.05, 0) is 56.9 Å². The molecule has 1 aromatic rings. The monoisotopic (exact) mass is 361 g/mol. The molecular weight excluding hydrogens is 332 g/mol. The SMILES string of the molecule is CC[NH+](CC(=O)Nc1ccc(NC(C)=O)cc1)CC(=O)N[C@H](C)C1CC1. The first-order valence-electron chi connectivity index (χ1n) is 9.17. The van der Waals surface area contributed by atoms with Crippen molar-refractivity contribution in [2.24, 2.45) is 5.92 Å². The number of rotatable bonds is 9. The van der Waals surface area contributed by atoms with Crippen LogP contribution < -0.4 is 20.9 Å². The quantitative estimate of drug-likeness (QED) is 0.513. The molecule has 7 heteroatoms. The van der Waals surface area contributed by atoms with Crippen molar-refractivity contribution in [2.45, 2.75) is 39.7 Å². The van der Waals surface area contributed by atoms with E-state index in [0.29, 0.717) is 30.4 Å². The molecule has 0 bridgehead atoms. The smallest absolute Gasteiger partial charge is 0.279 e. The summed E-state index contributed by atoms with van der Waals surface area (Å²) in [6.45, 7) is 6.66. The summed E-state index contributed by atoms with van der Waals surface area (Å²) < 4.78 is 0. The van der Waals surface area contributed by atoms with Crippen molar-refractivity contribution >= 4 is 29.1 Å². The van der Waals surface area contributed by atoms with E-state index in [-0.39, 0.29) is 30.3 Å². The number of amides is 3. The van der Waals surface area contributed by atoms with Crippen molar-refractivity contribution < 1.29 is 19.3 Å². The van der Waals surface area contributed by atoms with E-state index in [1.54, 1.807) is 24.3 Å². The fourth-order valence-electron chi connectivity index (χ4n) is 2.83. The van der Waals surface area contributed by atoms with Crippen molar-refractivity contribution in [3.63, 3.8) is 0 Å². The Kier molecular flexibility index (Phi) is 7.15. The summed E-state index contributed by atoms with van der Waals surface area (Å²) in [5.41, 5.74) is 1.34. The fraction of sp³-hybridized carbons (Fsp3) is 0.526. The molecule has 1 saturated carbocycles. The van der Waals surface area contributed by atoms with E-state index in [2.05, 4.69) is 16.0 Å². The lowest BCUT2D eigenvalue weighted by Gasteiger charge is -2.19. The standard InChI is InChI=1S/C19H28N4O3/c1-4-23(11-18(25)20-13(2)15-5-6-15)12-19(26)22-17-9-7-16(8-10-17)21-14(3)24/h7-10,13,15H,4-6,11-12H2,1-3H3,(H,20,25)(H,21,24)(H,22,26)/p+1/t13-/m1/s1. The molecule has 0 heterocycles. The number of nitrogens with one attached hydrogen (secondary N) is 4. The van der Waals surface area contributed by atoms with E-state index >= 15 is 0 Å². The van der Waals surface area contributed by atoms with E-state index in [9.17, 15) is 14.4 Å². The van der Waals surface area contributed by atoms with E-state index in [1.165, 1.54) is 19.8 Å². The van der Waals surface area contributed by atoms with Crippen LogP contribution in [0.25, 0.3) is 0 Å². The molecule has 3 amide bonds. The van der Waals surface area contributed by atoms with Crippen LogP contribution in [-0.2, 0) is 14.4 Å². The lowest BCUT2D eigenvalue weighted by atomic mass is 10.2. The zero-order valence-electron chi connectivity index (χ0n) is 15.7. The lowest BCUT2D eigenvalue weighted by Crippen LogP contribution is -3.14. The third-order valence-electron chi connectivity index (χ3n) is 4.53. The van der Waals surface area contributed by atoms with Crippen LogP contribution in [0.15, 0.2) is 24.3 Å². The zero-order chi connectivity index (χ0) is 19.1. The number of carbonyl (C=O) groups excluding carboxylic acids is 3. The number of benzene rings is 1. The molecule has 0 radical (unpaired) electrons. The van der Waals surface area contributed by atoms with Crippen molar-refractivity contribution in [3.05, 3.63) is 24.3 Å². The molecular formula is C19H29N4O3+. The van der Waals surface area contributed by atoms with Crippen molar-refractivity contribution in [2.75, 3.05) is 30.3 Å². The van der Waals surface area contributed by atoms with Gasteiger partial charge in [-0.3, -0.25) is 14.4 Å². The largest absolute Gasteiger partial charge is 0.348 e. The second-order valence-electron chi connectivity index (χ2n) is 6.96. The topological polar surface area (TPSA) is 91.7 Å². The van der Waals surface area contributed by atoms with Gasteiger partial charge in [-0.2, -0.15) is 0 Å². The molecule has 1 aromatic carbocycles. The number of carbonyl (C=O) groups is 3. The highest BCUT2D eigenvalue weighted by molar-refractivity contribution is 5.92. The van der Waals surface area contributed by atoms with Gasteiger partial charge >= 0.3 is 0 Å². The minimum atomic E-state index is -0.142. The number of hydrogen-bond acceptors (Lipinski definition) is 3. The third kappa shape index (κ3) is 6.84. The first-order valence-corrected chi connectivity index (χ1v) is 9.17. The highest BCUT2D eigenvalue weighted by Crippen LogP contribution is 2.32. The molecule has 142 valence electrons. The Labute approximate surface area is 154 Å².